The van der Waals surface area contributed by atoms with Crippen LogP contribution in [0.4, 0.5) is 0 Å². The first-order valence-electron chi connectivity index (χ1n) is 8.78. The second-order valence-corrected chi connectivity index (χ2v) is 8.06. The van der Waals surface area contributed by atoms with Crippen LogP contribution in [-0.2, 0) is 4.79 Å². The fourth-order valence-electron chi connectivity index (χ4n) is 5.30. The lowest BCUT2D eigenvalue weighted by Crippen LogP contribution is -2.51. The first-order chi connectivity index (χ1) is 10.4. The minimum absolute atomic E-state index is 0.126. The van der Waals surface area contributed by atoms with Gasteiger partial charge in [0.2, 0.25) is 0 Å². The number of aliphatic hydroxyl groups is 1. The van der Waals surface area contributed by atoms with E-state index in [1.807, 2.05) is 6.08 Å². The Morgan fingerprint density at radius 2 is 2.14 bits per heavy atom. The van der Waals surface area contributed by atoms with Crippen molar-refractivity contribution in [1.82, 2.24) is 0 Å². The largest absolute Gasteiger partial charge is 0.392 e. The van der Waals surface area contributed by atoms with Gasteiger partial charge in [-0.15, -0.1) is 0 Å². The third-order valence-corrected chi connectivity index (χ3v) is 6.60. The predicted molar refractivity (Wildman–Crippen MR) is 91.6 cm³/mol. The fraction of sp³-hybridized carbons (Fsp3) is 0.750. The highest BCUT2D eigenvalue weighted by atomic mass is 16.2. The molecule has 0 radical (unpaired) electrons. The molecule has 2 saturated carbocycles. The van der Waals surface area contributed by atoms with Crippen LogP contribution in [0.15, 0.2) is 23.8 Å². The summed E-state index contributed by atoms with van der Waals surface area (Å²) in [7, 11) is 0. The predicted octanol–water partition coefficient (Wildman–Crippen LogP) is 4.68. The molecule has 0 bridgehead atoms. The molecule has 0 aromatic heterocycles. The molecule has 1 unspecified atom stereocenters. The highest BCUT2D eigenvalue weighted by molar-refractivity contribution is 5.60. The summed E-state index contributed by atoms with van der Waals surface area (Å²) in [5, 5.41) is 9.03. The molecule has 0 aromatic rings. The van der Waals surface area contributed by atoms with E-state index < -0.39 is 0 Å². The van der Waals surface area contributed by atoms with E-state index in [1.54, 1.807) is 0 Å². The molecule has 124 valence electrons. The maximum atomic E-state index is 11.8. The van der Waals surface area contributed by atoms with Crippen molar-refractivity contribution in [2.24, 2.45) is 22.7 Å². The van der Waals surface area contributed by atoms with Crippen LogP contribution < -0.4 is 0 Å². The zero-order valence-electron chi connectivity index (χ0n) is 14.5. The SMILES string of the molecule is C=C1CCC2[C@](C)(CCC[C@@]2(C)C=O)[C@H]1CC/C(C)=C/CO. The summed E-state index contributed by atoms with van der Waals surface area (Å²) in [6, 6.07) is 0. The van der Waals surface area contributed by atoms with Gasteiger partial charge in [-0.2, -0.15) is 0 Å². The van der Waals surface area contributed by atoms with Gasteiger partial charge >= 0.3 is 0 Å². The Morgan fingerprint density at radius 1 is 1.41 bits per heavy atom. The van der Waals surface area contributed by atoms with Crippen LogP contribution >= 0.6 is 0 Å². The molecule has 0 amide bonds. The summed E-state index contributed by atoms with van der Waals surface area (Å²) in [5.41, 5.74) is 2.70. The third kappa shape index (κ3) is 3.08. The zero-order chi connectivity index (χ0) is 16.4. The van der Waals surface area contributed by atoms with Crippen molar-refractivity contribution in [3.05, 3.63) is 23.8 Å². The number of fused-ring (bicyclic) bond motifs is 1. The van der Waals surface area contributed by atoms with Crippen LogP contribution in [0.3, 0.4) is 0 Å². The second kappa shape index (κ2) is 6.70. The van der Waals surface area contributed by atoms with Crippen molar-refractivity contribution in [1.29, 1.82) is 0 Å². The topological polar surface area (TPSA) is 37.3 Å². The van der Waals surface area contributed by atoms with Crippen LogP contribution in [0, 0.1) is 22.7 Å². The molecular formula is C20H32O2. The highest BCUT2D eigenvalue weighted by Gasteiger charge is 2.54. The Balaban J connectivity index is 2.22. The molecule has 0 aliphatic heterocycles. The molecule has 0 spiro atoms. The minimum atomic E-state index is -0.151. The molecule has 0 aromatic carbocycles. The number of hydrogen-bond acceptors (Lipinski definition) is 2. The highest BCUT2D eigenvalue weighted by Crippen LogP contribution is 2.61. The Hall–Kier alpha value is -0.890. The Labute approximate surface area is 135 Å². The van der Waals surface area contributed by atoms with E-state index in [1.165, 1.54) is 23.9 Å². The molecule has 2 heteroatoms. The van der Waals surface area contributed by atoms with E-state index in [-0.39, 0.29) is 17.4 Å². The summed E-state index contributed by atoms with van der Waals surface area (Å²) in [6.07, 6.45) is 10.8. The number of rotatable bonds is 5. The van der Waals surface area contributed by atoms with Gasteiger partial charge in [0.1, 0.15) is 6.29 Å². The van der Waals surface area contributed by atoms with Crippen LogP contribution in [0.2, 0.25) is 0 Å². The van der Waals surface area contributed by atoms with Gasteiger partial charge in [-0.25, -0.2) is 0 Å². The first-order valence-corrected chi connectivity index (χ1v) is 8.78. The minimum Gasteiger partial charge on any atom is -0.392 e. The number of carbonyl (C=O) groups is 1. The average molecular weight is 304 g/mol. The van der Waals surface area contributed by atoms with Gasteiger partial charge < -0.3 is 9.90 Å². The Morgan fingerprint density at radius 3 is 2.77 bits per heavy atom. The Kier molecular flexibility index (Phi) is 5.32. The number of aliphatic hydroxyl groups excluding tert-OH is 1. The van der Waals surface area contributed by atoms with Gasteiger partial charge in [-0.3, -0.25) is 0 Å². The first kappa shape index (κ1) is 17.5. The molecule has 2 nitrogen and oxygen atoms in total. The molecule has 2 fully saturated rings. The lowest BCUT2D eigenvalue weighted by Gasteiger charge is -2.57. The molecule has 4 atom stereocenters. The molecule has 0 saturated heterocycles. The van der Waals surface area contributed by atoms with Crippen molar-refractivity contribution in [3.8, 4) is 0 Å². The summed E-state index contributed by atoms with van der Waals surface area (Å²) >= 11 is 0. The van der Waals surface area contributed by atoms with Crippen LogP contribution in [0.25, 0.3) is 0 Å². The number of hydrogen-bond donors (Lipinski definition) is 1. The quantitative estimate of drug-likeness (QED) is 0.591. The van der Waals surface area contributed by atoms with E-state index in [2.05, 4.69) is 27.4 Å². The van der Waals surface area contributed by atoms with E-state index in [9.17, 15) is 4.79 Å². The van der Waals surface area contributed by atoms with Gasteiger partial charge in [0.25, 0.3) is 0 Å². The standard InChI is InChI=1S/C20H32O2/c1-15(10-13-21)6-8-17-16(2)7-9-18-19(3,14-22)11-5-12-20(17,18)4/h10,14,17-18,21H,2,5-9,11-13H2,1,3-4H3/b15-10+/t17-,18?,19-,20+/m0/s1. The normalized spacial score (nSPS) is 39.5. The molecule has 2 aliphatic carbocycles. The lowest BCUT2D eigenvalue weighted by atomic mass is 9.47. The summed E-state index contributed by atoms with van der Waals surface area (Å²) in [5.74, 6) is 0.997. The summed E-state index contributed by atoms with van der Waals surface area (Å²) in [6.45, 7) is 11.2. The van der Waals surface area contributed by atoms with E-state index >= 15 is 0 Å². The third-order valence-electron chi connectivity index (χ3n) is 6.60. The molecule has 22 heavy (non-hydrogen) atoms. The smallest absolute Gasteiger partial charge is 0.126 e. The van der Waals surface area contributed by atoms with Gasteiger partial charge in [0.05, 0.1) is 6.61 Å². The molecule has 0 heterocycles. The summed E-state index contributed by atoms with van der Waals surface area (Å²) in [4.78, 5) is 11.8. The van der Waals surface area contributed by atoms with Crippen molar-refractivity contribution >= 4 is 6.29 Å². The summed E-state index contributed by atoms with van der Waals surface area (Å²) < 4.78 is 0. The van der Waals surface area contributed by atoms with E-state index in [4.69, 9.17) is 5.11 Å². The van der Waals surface area contributed by atoms with E-state index in [0.29, 0.717) is 11.8 Å². The van der Waals surface area contributed by atoms with Crippen LogP contribution in [0.5, 0.6) is 0 Å². The zero-order valence-corrected chi connectivity index (χ0v) is 14.5. The monoisotopic (exact) mass is 304 g/mol. The van der Waals surface area contributed by atoms with Crippen molar-refractivity contribution in [2.45, 2.75) is 65.7 Å². The Bertz CT molecular complexity index is 464. The van der Waals surface area contributed by atoms with Gasteiger partial charge in [-0.1, -0.05) is 44.1 Å². The van der Waals surface area contributed by atoms with E-state index in [0.717, 1.165) is 38.5 Å². The number of carbonyl (C=O) groups excluding carboxylic acids is 1. The fourth-order valence-corrected chi connectivity index (χ4v) is 5.30. The maximum absolute atomic E-state index is 11.8. The van der Waals surface area contributed by atoms with Gasteiger partial charge in [0, 0.05) is 5.41 Å². The van der Waals surface area contributed by atoms with Gasteiger partial charge in [0.15, 0.2) is 0 Å². The average Bonchev–Trinajstić information content (AvgIpc) is 2.46. The molecular weight excluding hydrogens is 272 g/mol. The second-order valence-electron chi connectivity index (χ2n) is 8.06. The number of allylic oxidation sites excluding steroid dienone is 2. The van der Waals surface area contributed by atoms with Crippen molar-refractivity contribution in [3.63, 3.8) is 0 Å². The van der Waals surface area contributed by atoms with Crippen LogP contribution in [0.1, 0.15) is 65.7 Å². The molecule has 2 aliphatic rings. The maximum Gasteiger partial charge on any atom is 0.126 e. The van der Waals surface area contributed by atoms with Crippen LogP contribution in [-0.4, -0.2) is 18.0 Å². The van der Waals surface area contributed by atoms with Crippen molar-refractivity contribution < 1.29 is 9.90 Å². The molecule has 1 N–H and O–H groups in total. The molecule has 2 rings (SSSR count). The van der Waals surface area contributed by atoms with Crippen molar-refractivity contribution in [2.75, 3.05) is 6.61 Å². The lowest BCUT2D eigenvalue weighted by molar-refractivity contribution is -0.130. The number of aldehydes is 1. The van der Waals surface area contributed by atoms with Gasteiger partial charge in [-0.05, 0) is 62.7 Å².